The number of carbonyl (C=O) groups excluding carboxylic acids is 1. The minimum atomic E-state index is -0.123. The number of benzene rings is 1. The van der Waals surface area contributed by atoms with E-state index < -0.39 is 0 Å². The van der Waals surface area contributed by atoms with E-state index in [1.807, 2.05) is 26.8 Å². The zero-order valence-electron chi connectivity index (χ0n) is 12.9. The van der Waals surface area contributed by atoms with Crippen LogP contribution >= 0.6 is 0 Å². The molecule has 1 aromatic heterocycles. The Bertz CT molecular complexity index is 700. The van der Waals surface area contributed by atoms with Crippen molar-refractivity contribution in [3.63, 3.8) is 0 Å². The highest BCUT2D eigenvalue weighted by atomic mass is 16.3. The Morgan fingerprint density at radius 3 is 2.24 bits per heavy atom. The average Bonchev–Trinajstić information content (AvgIpc) is 2.81. The standard InChI is InChI=1S/C18H21NO2/c1-6-10-19(11-7-2)18(20)17-14(5)15-12(3)8-9-13(4)16(15)21-17/h6-9H,1-2,10-11H2,3-5H3. The first-order valence-corrected chi connectivity index (χ1v) is 7.01. The van der Waals surface area contributed by atoms with Gasteiger partial charge in [-0.05, 0) is 31.9 Å². The molecule has 21 heavy (non-hydrogen) atoms. The predicted molar refractivity (Wildman–Crippen MR) is 86.7 cm³/mol. The van der Waals surface area contributed by atoms with Gasteiger partial charge < -0.3 is 9.32 Å². The molecule has 0 aliphatic heterocycles. The van der Waals surface area contributed by atoms with Crippen LogP contribution in [-0.2, 0) is 0 Å². The van der Waals surface area contributed by atoms with E-state index in [2.05, 4.69) is 19.2 Å². The number of carbonyl (C=O) groups is 1. The number of hydrogen-bond acceptors (Lipinski definition) is 2. The molecule has 0 fully saturated rings. The minimum Gasteiger partial charge on any atom is -0.450 e. The van der Waals surface area contributed by atoms with Gasteiger partial charge in [0.15, 0.2) is 5.76 Å². The van der Waals surface area contributed by atoms with E-state index in [0.29, 0.717) is 18.8 Å². The summed E-state index contributed by atoms with van der Waals surface area (Å²) in [5.74, 6) is 0.286. The molecule has 3 heteroatoms. The number of hydrogen-bond donors (Lipinski definition) is 0. The third-order valence-electron chi connectivity index (χ3n) is 3.66. The SMILES string of the molecule is C=CCN(CC=C)C(=O)c1oc2c(C)ccc(C)c2c1C. The van der Waals surface area contributed by atoms with Crippen molar-refractivity contribution in [3.8, 4) is 0 Å². The third-order valence-corrected chi connectivity index (χ3v) is 3.66. The molecule has 1 heterocycles. The lowest BCUT2D eigenvalue weighted by molar-refractivity contribution is 0.0760. The fourth-order valence-corrected chi connectivity index (χ4v) is 2.57. The number of nitrogens with zero attached hydrogens (tertiary/aromatic N) is 1. The molecule has 2 rings (SSSR count). The summed E-state index contributed by atoms with van der Waals surface area (Å²) >= 11 is 0. The van der Waals surface area contributed by atoms with Gasteiger partial charge in [-0.2, -0.15) is 0 Å². The topological polar surface area (TPSA) is 33.5 Å². The molecule has 0 saturated heterocycles. The molecule has 2 aromatic rings. The molecule has 0 unspecified atom stereocenters. The molecule has 110 valence electrons. The largest absolute Gasteiger partial charge is 0.450 e. The smallest absolute Gasteiger partial charge is 0.290 e. The summed E-state index contributed by atoms with van der Waals surface area (Å²) in [6.07, 6.45) is 3.41. The Morgan fingerprint density at radius 2 is 1.71 bits per heavy atom. The Labute approximate surface area is 125 Å². The van der Waals surface area contributed by atoms with Crippen molar-refractivity contribution >= 4 is 16.9 Å². The molecular weight excluding hydrogens is 262 g/mol. The van der Waals surface area contributed by atoms with Crippen LogP contribution < -0.4 is 0 Å². The summed E-state index contributed by atoms with van der Waals surface area (Å²) in [5.41, 5.74) is 3.86. The van der Waals surface area contributed by atoms with Crippen LogP contribution in [0.1, 0.15) is 27.2 Å². The van der Waals surface area contributed by atoms with E-state index >= 15 is 0 Å². The fourth-order valence-electron chi connectivity index (χ4n) is 2.57. The highest BCUT2D eigenvalue weighted by molar-refractivity contribution is 6.00. The number of rotatable bonds is 5. The molecule has 0 atom stereocenters. The molecular formula is C18H21NO2. The molecule has 0 radical (unpaired) electrons. The Hall–Kier alpha value is -2.29. The minimum absolute atomic E-state index is 0.123. The van der Waals surface area contributed by atoms with Crippen LogP contribution in [0.3, 0.4) is 0 Å². The molecule has 0 spiro atoms. The van der Waals surface area contributed by atoms with E-state index in [4.69, 9.17) is 4.42 Å². The zero-order chi connectivity index (χ0) is 15.6. The van der Waals surface area contributed by atoms with Gasteiger partial charge in [-0.1, -0.05) is 24.3 Å². The summed E-state index contributed by atoms with van der Waals surface area (Å²) < 4.78 is 5.89. The highest BCUT2D eigenvalue weighted by Crippen LogP contribution is 2.31. The lowest BCUT2D eigenvalue weighted by atomic mass is 10.0. The lowest BCUT2D eigenvalue weighted by Gasteiger charge is -2.18. The molecule has 0 N–H and O–H groups in total. The van der Waals surface area contributed by atoms with Crippen molar-refractivity contribution in [2.45, 2.75) is 20.8 Å². The Kier molecular flexibility index (Phi) is 4.32. The molecule has 0 bridgehead atoms. The predicted octanol–water partition coefficient (Wildman–Crippen LogP) is 4.17. The van der Waals surface area contributed by atoms with Gasteiger partial charge in [0.05, 0.1) is 0 Å². The molecule has 1 aromatic carbocycles. The van der Waals surface area contributed by atoms with Crippen molar-refractivity contribution in [2.24, 2.45) is 0 Å². The van der Waals surface area contributed by atoms with Gasteiger partial charge in [0, 0.05) is 24.0 Å². The zero-order valence-corrected chi connectivity index (χ0v) is 12.9. The van der Waals surface area contributed by atoms with Gasteiger partial charge in [0.1, 0.15) is 5.58 Å². The van der Waals surface area contributed by atoms with E-state index in [9.17, 15) is 4.79 Å². The van der Waals surface area contributed by atoms with Crippen LogP contribution in [0.5, 0.6) is 0 Å². The summed E-state index contributed by atoms with van der Waals surface area (Å²) in [6, 6.07) is 4.07. The quantitative estimate of drug-likeness (QED) is 0.772. The van der Waals surface area contributed by atoms with Gasteiger partial charge in [-0.25, -0.2) is 0 Å². The van der Waals surface area contributed by atoms with Crippen molar-refractivity contribution < 1.29 is 9.21 Å². The first kappa shape index (κ1) is 15.1. The van der Waals surface area contributed by atoms with Gasteiger partial charge in [-0.3, -0.25) is 4.79 Å². The van der Waals surface area contributed by atoms with Crippen molar-refractivity contribution in [1.82, 2.24) is 4.90 Å². The molecule has 0 saturated carbocycles. The number of aryl methyl sites for hydroxylation is 3. The maximum absolute atomic E-state index is 12.7. The van der Waals surface area contributed by atoms with Crippen LogP contribution in [-0.4, -0.2) is 23.9 Å². The molecule has 1 amide bonds. The van der Waals surface area contributed by atoms with Crippen LogP contribution in [0.25, 0.3) is 11.0 Å². The molecule has 0 aliphatic carbocycles. The Morgan fingerprint density at radius 1 is 1.14 bits per heavy atom. The van der Waals surface area contributed by atoms with E-state index in [1.165, 1.54) is 0 Å². The number of amides is 1. The van der Waals surface area contributed by atoms with E-state index in [-0.39, 0.29) is 5.91 Å². The van der Waals surface area contributed by atoms with E-state index in [0.717, 1.165) is 27.7 Å². The third kappa shape index (κ3) is 2.64. The first-order valence-electron chi connectivity index (χ1n) is 7.01. The van der Waals surface area contributed by atoms with Crippen molar-refractivity contribution in [3.05, 3.63) is 59.9 Å². The van der Waals surface area contributed by atoms with Crippen LogP contribution in [0, 0.1) is 20.8 Å². The first-order chi connectivity index (χ1) is 10.0. The maximum Gasteiger partial charge on any atom is 0.290 e. The number of furan rings is 1. The fraction of sp³-hybridized carbons (Fsp3) is 0.278. The average molecular weight is 283 g/mol. The second kappa shape index (κ2) is 6.00. The van der Waals surface area contributed by atoms with Crippen molar-refractivity contribution in [2.75, 3.05) is 13.1 Å². The van der Waals surface area contributed by atoms with E-state index in [1.54, 1.807) is 17.1 Å². The lowest BCUT2D eigenvalue weighted by Crippen LogP contribution is -2.31. The van der Waals surface area contributed by atoms with Crippen molar-refractivity contribution in [1.29, 1.82) is 0 Å². The van der Waals surface area contributed by atoms with Crippen LogP contribution in [0.2, 0.25) is 0 Å². The highest BCUT2D eigenvalue weighted by Gasteiger charge is 2.23. The van der Waals surface area contributed by atoms with Gasteiger partial charge in [0.2, 0.25) is 0 Å². The van der Waals surface area contributed by atoms with Crippen LogP contribution in [0.15, 0.2) is 41.9 Å². The monoisotopic (exact) mass is 283 g/mol. The maximum atomic E-state index is 12.7. The summed E-state index contributed by atoms with van der Waals surface area (Å²) in [6.45, 7) is 14.3. The van der Waals surface area contributed by atoms with Gasteiger partial charge >= 0.3 is 0 Å². The van der Waals surface area contributed by atoms with Gasteiger partial charge in [0.25, 0.3) is 5.91 Å². The Balaban J connectivity index is 2.56. The molecule has 0 aliphatic rings. The second-order valence-corrected chi connectivity index (χ2v) is 5.25. The second-order valence-electron chi connectivity index (χ2n) is 5.25. The number of fused-ring (bicyclic) bond motifs is 1. The summed E-state index contributed by atoms with van der Waals surface area (Å²) in [4.78, 5) is 14.3. The summed E-state index contributed by atoms with van der Waals surface area (Å²) in [5, 5.41) is 1.04. The van der Waals surface area contributed by atoms with Crippen LogP contribution in [0.4, 0.5) is 0 Å². The van der Waals surface area contributed by atoms with Gasteiger partial charge in [-0.15, -0.1) is 13.2 Å². The molecule has 3 nitrogen and oxygen atoms in total. The summed E-state index contributed by atoms with van der Waals surface area (Å²) in [7, 11) is 0. The normalized spacial score (nSPS) is 10.6.